The number of nitrogens with zero attached hydrogens (tertiary/aromatic N) is 4. The maximum Gasteiger partial charge on any atom is 0.307 e. The second-order valence-electron chi connectivity index (χ2n) is 4.30. The molecule has 0 saturated carbocycles. The van der Waals surface area contributed by atoms with Crippen LogP contribution in [0.5, 0.6) is 0 Å². The molecular formula is C12H14N4O3. The van der Waals surface area contributed by atoms with Gasteiger partial charge in [0.15, 0.2) is 0 Å². The normalized spacial score (nSPS) is 10.7. The minimum Gasteiger partial charge on any atom is -0.481 e. The summed E-state index contributed by atoms with van der Waals surface area (Å²) in [5, 5.41) is 13.1. The van der Waals surface area contributed by atoms with Crippen molar-refractivity contribution in [3.63, 3.8) is 0 Å². The number of hydrogen-bond acceptors (Lipinski definition) is 4. The standard InChI is InChI=1S/C12H14N4O3/c1-7-9(6-10(17)18)8(2)16(14-7)11-12(19)15(3)5-4-13-11/h4-5H,6H2,1-3H3,(H,17,18). The largest absolute Gasteiger partial charge is 0.481 e. The fourth-order valence-electron chi connectivity index (χ4n) is 1.92. The minimum atomic E-state index is -0.931. The third-order valence-electron chi connectivity index (χ3n) is 2.97. The average Bonchev–Trinajstić information content (AvgIpc) is 2.60. The Hall–Kier alpha value is -2.44. The Bertz CT molecular complexity index is 699. The number of carbonyl (C=O) groups is 1. The van der Waals surface area contributed by atoms with E-state index >= 15 is 0 Å². The number of aryl methyl sites for hydroxylation is 2. The van der Waals surface area contributed by atoms with Crippen molar-refractivity contribution in [2.24, 2.45) is 7.05 Å². The van der Waals surface area contributed by atoms with E-state index in [1.807, 2.05) is 0 Å². The van der Waals surface area contributed by atoms with Gasteiger partial charge in [-0.05, 0) is 13.8 Å². The van der Waals surface area contributed by atoms with Gasteiger partial charge in [-0.1, -0.05) is 0 Å². The lowest BCUT2D eigenvalue weighted by atomic mass is 10.1. The number of rotatable bonds is 3. The van der Waals surface area contributed by atoms with Crippen LogP contribution in [0.4, 0.5) is 0 Å². The highest BCUT2D eigenvalue weighted by Gasteiger charge is 2.17. The summed E-state index contributed by atoms with van der Waals surface area (Å²) in [4.78, 5) is 26.8. The van der Waals surface area contributed by atoms with E-state index < -0.39 is 5.97 Å². The van der Waals surface area contributed by atoms with Gasteiger partial charge in [0.25, 0.3) is 5.56 Å². The van der Waals surface area contributed by atoms with Crippen LogP contribution in [0.1, 0.15) is 17.0 Å². The van der Waals surface area contributed by atoms with E-state index in [1.165, 1.54) is 15.4 Å². The van der Waals surface area contributed by atoms with Gasteiger partial charge < -0.3 is 9.67 Å². The van der Waals surface area contributed by atoms with E-state index in [4.69, 9.17) is 5.11 Å². The molecule has 0 radical (unpaired) electrons. The first-order chi connectivity index (χ1) is 8.91. The third-order valence-corrected chi connectivity index (χ3v) is 2.97. The van der Waals surface area contributed by atoms with Gasteiger partial charge in [-0.2, -0.15) is 5.10 Å². The average molecular weight is 262 g/mol. The Labute approximate surface area is 109 Å². The first-order valence-electron chi connectivity index (χ1n) is 5.70. The van der Waals surface area contributed by atoms with Gasteiger partial charge in [0.1, 0.15) is 0 Å². The molecular weight excluding hydrogens is 248 g/mol. The van der Waals surface area contributed by atoms with Gasteiger partial charge >= 0.3 is 5.97 Å². The molecule has 0 unspecified atom stereocenters. The van der Waals surface area contributed by atoms with Crippen molar-refractivity contribution >= 4 is 5.97 Å². The van der Waals surface area contributed by atoms with Crippen molar-refractivity contribution in [1.82, 2.24) is 19.3 Å². The molecule has 1 N–H and O–H groups in total. The van der Waals surface area contributed by atoms with Gasteiger partial charge in [0.05, 0.1) is 12.1 Å². The van der Waals surface area contributed by atoms with E-state index in [9.17, 15) is 9.59 Å². The molecule has 19 heavy (non-hydrogen) atoms. The molecule has 2 aromatic rings. The van der Waals surface area contributed by atoms with Crippen molar-refractivity contribution in [1.29, 1.82) is 0 Å². The second-order valence-corrected chi connectivity index (χ2v) is 4.30. The Kier molecular flexibility index (Phi) is 3.20. The molecule has 0 aliphatic rings. The third kappa shape index (κ3) is 2.26. The molecule has 100 valence electrons. The molecule has 0 saturated heterocycles. The maximum atomic E-state index is 12.0. The number of carboxylic acids is 1. The summed E-state index contributed by atoms with van der Waals surface area (Å²) < 4.78 is 2.80. The Morgan fingerprint density at radius 1 is 1.42 bits per heavy atom. The van der Waals surface area contributed by atoms with Crippen molar-refractivity contribution in [2.45, 2.75) is 20.3 Å². The summed E-state index contributed by atoms with van der Waals surface area (Å²) in [5.74, 6) is -0.762. The molecule has 7 nitrogen and oxygen atoms in total. The summed E-state index contributed by atoms with van der Waals surface area (Å²) in [6.45, 7) is 3.45. The molecule has 0 amide bonds. The first-order valence-corrected chi connectivity index (χ1v) is 5.70. The van der Waals surface area contributed by atoms with E-state index in [-0.39, 0.29) is 17.8 Å². The van der Waals surface area contributed by atoms with Crippen LogP contribution in [-0.4, -0.2) is 30.4 Å². The summed E-state index contributed by atoms with van der Waals surface area (Å²) >= 11 is 0. The Morgan fingerprint density at radius 2 is 2.11 bits per heavy atom. The van der Waals surface area contributed by atoms with Crippen LogP contribution in [0.15, 0.2) is 17.2 Å². The second kappa shape index (κ2) is 4.68. The van der Waals surface area contributed by atoms with Crippen molar-refractivity contribution in [3.8, 4) is 5.82 Å². The highest BCUT2D eigenvalue weighted by molar-refractivity contribution is 5.71. The fourth-order valence-corrected chi connectivity index (χ4v) is 1.92. The molecule has 7 heteroatoms. The summed E-state index contributed by atoms with van der Waals surface area (Å²) in [5.41, 5.74) is 1.54. The van der Waals surface area contributed by atoms with Gasteiger partial charge in [-0.3, -0.25) is 9.59 Å². The zero-order chi connectivity index (χ0) is 14.2. The lowest BCUT2D eigenvalue weighted by Crippen LogP contribution is -2.24. The molecule has 0 aromatic carbocycles. The molecule has 2 rings (SSSR count). The minimum absolute atomic E-state index is 0.120. The van der Waals surface area contributed by atoms with Crippen LogP contribution in [0.2, 0.25) is 0 Å². The van der Waals surface area contributed by atoms with Gasteiger partial charge in [-0.15, -0.1) is 0 Å². The summed E-state index contributed by atoms with van der Waals surface area (Å²) in [7, 11) is 1.62. The van der Waals surface area contributed by atoms with Gasteiger partial charge in [0, 0.05) is 30.7 Å². The fraction of sp³-hybridized carbons (Fsp3) is 0.333. The topological polar surface area (TPSA) is 90.0 Å². The quantitative estimate of drug-likeness (QED) is 0.854. The van der Waals surface area contributed by atoms with Crippen molar-refractivity contribution < 1.29 is 9.90 Å². The van der Waals surface area contributed by atoms with Crippen molar-refractivity contribution in [2.75, 3.05) is 0 Å². The zero-order valence-corrected chi connectivity index (χ0v) is 10.9. The van der Waals surface area contributed by atoms with E-state index in [1.54, 1.807) is 27.1 Å². The monoisotopic (exact) mass is 262 g/mol. The zero-order valence-electron chi connectivity index (χ0n) is 10.9. The van der Waals surface area contributed by atoms with Crippen LogP contribution in [0, 0.1) is 13.8 Å². The van der Waals surface area contributed by atoms with Crippen LogP contribution >= 0.6 is 0 Å². The van der Waals surface area contributed by atoms with Crippen LogP contribution in [-0.2, 0) is 18.3 Å². The number of aromatic nitrogens is 4. The van der Waals surface area contributed by atoms with Crippen LogP contribution in [0.25, 0.3) is 5.82 Å². The SMILES string of the molecule is Cc1nn(-c2nccn(C)c2=O)c(C)c1CC(=O)O. The molecule has 0 atom stereocenters. The number of carboxylic acid groups (broad SMARTS) is 1. The summed E-state index contributed by atoms with van der Waals surface area (Å²) in [6, 6.07) is 0. The molecule has 2 heterocycles. The molecule has 0 spiro atoms. The smallest absolute Gasteiger partial charge is 0.307 e. The lowest BCUT2D eigenvalue weighted by Gasteiger charge is -2.04. The van der Waals surface area contributed by atoms with Crippen molar-refractivity contribution in [3.05, 3.63) is 39.7 Å². The van der Waals surface area contributed by atoms with E-state index in [0.29, 0.717) is 17.0 Å². The van der Waals surface area contributed by atoms with Crippen LogP contribution in [0.3, 0.4) is 0 Å². The highest BCUT2D eigenvalue weighted by Crippen LogP contribution is 2.15. The summed E-state index contributed by atoms with van der Waals surface area (Å²) in [6.07, 6.45) is 2.94. The first kappa shape index (κ1) is 13.0. The van der Waals surface area contributed by atoms with Gasteiger partial charge in [0.2, 0.25) is 5.82 Å². The molecule has 2 aromatic heterocycles. The number of aliphatic carboxylic acids is 1. The van der Waals surface area contributed by atoms with E-state index in [0.717, 1.165) is 0 Å². The molecule has 0 aliphatic carbocycles. The lowest BCUT2D eigenvalue weighted by molar-refractivity contribution is -0.136. The van der Waals surface area contributed by atoms with Gasteiger partial charge in [-0.25, -0.2) is 9.67 Å². The Morgan fingerprint density at radius 3 is 2.74 bits per heavy atom. The predicted octanol–water partition coefficient (Wildman–Crippen LogP) is 0.210. The highest BCUT2D eigenvalue weighted by atomic mass is 16.4. The van der Waals surface area contributed by atoms with E-state index in [2.05, 4.69) is 10.1 Å². The predicted molar refractivity (Wildman–Crippen MR) is 67.4 cm³/mol. The number of hydrogen-bond donors (Lipinski definition) is 1. The molecule has 0 aliphatic heterocycles. The maximum absolute atomic E-state index is 12.0. The Balaban J connectivity index is 2.61. The van der Waals surface area contributed by atoms with Crippen LogP contribution < -0.4 is 5.56 Å². The molecule has 0 fully saturated rings. The molecule has 0 bridgehead atoms.